The van der Waals surface area contributed by atoms with Crippen LogP contribution >= 0.6 is 0 Å². The van der Waals surface area contributed by atoms with Crippen LogP contribution in [0.4, 0.5) is 0 Å². The van der Waals surface area contributed by atoms with Gasteiger partial charge in [0, 0.05) is 6.04 Å². The Balaban J connectivity index is 2.54. The lowest BCUT2D eigenvalue weighted by Crippen LogP contribution is -2.31. The summed E-state index contributed by atoms with van der Waals surface area (Å²) in [5, 5.41) is 8.89. The molecule has 3 unspecified atom stereocenters. The number of rotatable bonds is 3. The van der Waals surface area contributed by atoms with Gasteiger partial charge in [0.25, 0.3) is 0 Å². The highest BCUT2D eigenvalue weighted by molar-refractivity contribution is 5.09. The zero-order valence-corrected chi connectivity index (χ0v) is 8.66. The molecule has 0 bridgehead atoms. The van der Waals surface area contributed by atoms with Crippen molar-refractivity contribution < 1.29 is 5.11 Å². The second kappa shape index (κ2) is 4.77. The van der Waals surface area contributed by atoms with Gasteiger partial charge in [-0.2, -0.15) is 0 Å². The van der Waals surface area contributed by atoms with Gasteiger partial charge in [0.05, 0.1) is 6.61 Å². The first-order valence-corrected chi connectivity index (χ1v) is 5.18. The molecule has 0 saturated heterocycles. The van der Waals surface area contributed by atoms with E-state index in [1.165, 1.54) is 18.4 Å². The van der Waals surface area contributed by atoms with E-state index in [1.807, 2.05) is 0 Å². The van der Waals surface area contributed by atoms with Gasteiger partial charge in [0.1, 0.15) is 0 Å². The average Bonchev–Trinajstić information content (AvgIpc) is 2.11. The molecule has 0 amide bonds. The number of nitrogens with two attached hydrogens (primary N) is 1. The molecule has 3 atom stereocenters. The number of aliphatic hydroxyl groups excluding tert-OH is 1. The third-order valence-corrected chi connectivity index (χ3v) is 3.15. The maximum absolute atomic E-state index is 8.89. The minimum atomic E-state index is -0.0473. The van der Waals surface area contributed by atoms with E-state index >= 15 is 0 Å². The molecule has 2 nitrogen and oxygen atoms in total. The maximum atomic E-state index is 8.89. The van der Waals surface area contributed by atoms with Gasteiger partial charge >= 0.3 is 0 Å². The van der Waals surface area contributed by atoms with Gasteiger partial charge in [-0.05, 0) is 38.0 Å². The molecule has 1 rings (SSSR count). The lowest BCUT2D eigenvalue weighted by molar-refractivity contribution is 0.231. The van der Waals surface area contributed by atoms with Gasteiger partial charge < -0.3 is 10.8 Å². The highest BCUT2D eigenvalue weighted by atomic mass is 16.3. The van der Waals surface area contributed by atoms with Crippen molar-refractivity contribution in [2.45, 2.75) is 39.2 Å². The van der Waals surface area contributed by atoms with E-state index in [0.717, 1.165) is 12.3 Å². The molecular weight excluding hydrogens is 162 g/mol. The Morgan fingerprint density at radius 3 is 2.92 bits per heavy atom. The van der Waals surface area contributed by atoms with Crippen LogP contribution in [0.25, 0.3) is 0 Å². The molecule has 0 saturated carbocycles. The maximum Gasteiger partial charge on any atom is 0.0582 e. The van der Waals surface area contributed by atoms with E-state index < -0.39 is 0 Å². The Morgan fingerprint density at radius 1 is 1.69 bits per heavy atom. The van der Waals surface area contributed by atoms with Crippen LogP contribution < -0.4 is 5.73 Å². The topological polar surface area (TPSA) is 46.2 Å². The van der Waals surface area contributed by atoms with Crippen LogP contribution in [-0.4, -0.2) is 17.8 Å². The zero-order chi connectivity index (χ0) is 9.84. The molecule has 0 aromatic carbocycles. The second-order valence-corrected chi connectivity index (χ2v) is 4.29. The molecule has 76 valence electrons. The van der Waals surface area contributed by atoms with Gasteiger partial charge in [0.15, 0.2) is 0 Å². The summed E-state index contributed by atoms with van der Waals surface area (Å²) in [7, 11) is 0. The van der Waals surface area contributed by atoms with Crippen LogP contribution in [0, 0.1) is 11.8 Å². The van der Waals surface area contributed by atoms with E-state index in [0.29, 0.717) is 5.92 Å². The van der Waals surface area contributed by atoms with Crippen molar-refractivity contribution in [2.24, 2.45) is 17.6 Å². The van der Waals surface area contributed by atoms with Crippen molar-refractivity contribution in [3.8, 4) is 0 Å². The lowest BCUT2D eigenvalue weighted by atomic mass is 9.77. The molecule has 1 aliphatic rings. The van der Waals surface area contributed by atoms with Crippen LogP contribution in [-0.2, 0) is 0 Å². The van der Waals surface area contributed by atoms with E-state index in [9.17, 15) is 0 Å². The van der Waals surface area contributed by atoms with E-state index in [2.05, 4.69) is 19.9 Å². The quantitative estimate of drug-likeness (QED) is 0.654. The smallest absolute Gasteiger partial charge is 0.0582 e. The fourth-order valence-electron chi connectivity index (χ4n) is 2.19. The van der Waals surface area contributed by atoms with Crippen LogP contribution in [0.3, 0.4) is 0 Å². The first kappa shape index (κ1) is 10.7. The third kappa shape index (κ3) is 2.82. The van der Waals surface area contributed by atoms with Crippen LogP contribution in [0.5, 0.6) is 0 Å². The predicted molar refractivity (Wildman–Crippen MR) is 55.3 cm³/mol. The Kier molecular flexibility index (Phi) is 3.94. The van der Waals surface area contributed by atoms with Crippen molar-refractivity contribution in [3.63, 3.8) is 0 Å². The molecule has 1 aliphatic carbocycles. The van der Waals surface area contributed by atoms with Crippen molar-refractivity contribution in [1.82, 2.24) is 0 Å². The summed E-state index contributed by atoms with van der Waals surface area (Å²) in [5.41, 5.74) is 7.21. The van der Waals surface area contributed by atoms with Crippen molar-refractivity contribution in [3.05, 3.63) is 11.6 Å². The van der Waals surface area contributed by atoms with E-state index in [4.69, 9.17) is 10.8 Å². The van der Waals surface area contributed by atoms with Crippen LogP contribution in [0.2, 0.25) is 0 Å². The highest BCUT2D eigenvalue weighted by Crippen LogP contribution is 2.32. The third-order valence-electron chi connectivity index (χ3n) is 3.15. The molecule has 13 heavy (non-hydrogen) atoms. The molecule has 3 N–H and O–H groups in total. The SMILES string of the molecule is CC1=CCCC(C)C1CC(N)CO. The molecule has 2 heteroatoms. The molecular formula is C11H21NO. The Hall–Kier alpha value is -0.340. The van der Waals surface area contributed by atoms with Crippen LogP contribution in [0.15, 0.2) is 11.6 Å². The van der Waals surface area contributed by atoms with Crippen LogP contribution in [0.1, 0.15) is 33.1 Å². The number of aliphatic hydroxyl groups is 1. The lowest BCUT2D eigenvalue weighted by Gasteiger charge is -2.30. The van der Waals surface area contributed by atoms with Gasteiger partial charge in [-0.15, -0.1) is 0 Å². The first-order valence-electron chi connectivity index (χ1n) is 5.18. The summed E-state index contributed by atoms with van der Waals surface area (Å²) in [5.74, 6) is 1.32. The monoisotopic (exact) mass is 183 g/mol. The summed E-state index contributed by atoms with van der Waals surface area (Å²) < 4.78 is 0. The van der Waals surface area contributed by atoms with Gasteiger partial charge in [-0.1, -0.05) is 18.6 Å². The fourth-order valence-corrected chi connectivity index (χ4v) is 2.19. The number of allylic oxidation sites excluding steroid dienone is 2. The molecule has 0 heterocycles. The summed E-state index contributed by atoms with van der Waals surface area (Å²) in [6, 6.07) is -0.0473. The van der Waals surface area contributed by atoms with Gasteiger partial charge in [-0.25, -0.2) is 0 Å². The number of hydrogen-bond acceptors (Lipinski definition) is 2. The van der Waals surface area contributed by atoms with Crippen molar-refractivity contribution >= 4 is 0 Å². The van der Waals surface area contributed by atoms with Gasteiger partial charge in [-0.3, -0.25) is 0 Å². The molecule has 0 aromatic heterocycles. The average molecular weight is 183 g/mol. The second-order valence-electron chi connectivity index (χ2n) is 4.29. The largest absolute Gasteiger partial charge is 0.395 e. The Morgan fingerprint density at radius 2 is 2.38 bits per heavy atom. The van der Waals surface area contributed by atoms with E-state index in [-0.39, 0.29) is 12.6 Å². The van der Waals surface area contributed by atoms with Crippen molar-refractivity contribution in [1.29, 1.82) is 0 Å². The summed E-state index contributed by atoms with van der Waals surface area (Å²) >= 11 is 0. The first-order chi connectivity index (χ1) is 6.15. The number of hydrogen-bond donors (Lipinski definition) is 2. The standard InChI is InChI=1S/C11H21NO/c1-8-4-3-5-9(2)11(8)6-10(12)7-13/h4,9-11,13H,3,5-7,12H2,1-2H3. The molecule has 0 radical (unpaired) electrons. The predicted octanol–water partition coefficient (Wildman–Crippen LogP) is 1.69. The van der Waals surface area contributed by atoms with Crippen molar-refractivity contribution in [2.75, 3.05) is 6.61 Å². The summed E-state index contributed by atoms with van der Waals surface area (Å²) in [6.45, 7) is 4.58. The minimum Gasteiger partial charge on any atom is -0.395 e. The fraction of sp³-hybridized carbons (Fsp3) is 0.818. The molecule has 0 aromatic rings. The molecule has 0 spiro atoms. The minimum absolute atomic E-state index is 0.0473. The highest BCUT2D eigenvalue weighted by Gasteiger charge is 2.23. The summed E-state index contributed by atoms with van der Waals surface area (Å²) in [6.07, 6.45) is 5.72. The summed E-state index contributed by atoms with van der Waals surface area (Å²) in [4.78, 5) is 0. The molecule has 0 fully saturated rings. The van der Waals surface area contributed by atoms with Gasteiger partial charge in [0.2, 0.25) is 0 Å². The van der Waals surface area contributed by atoms with E-state index in [1.54, 1.807) is 0 Å². The normalized spacial score (nSPS) is 31.2. The zero-order valence-electron chi connectivity index (χ0n) is 8.66. The molecule has 0 aliphatic heterocycles. The Bertz CT molecular complexity index is 189. The Labute approximate surface area is 80.8 Å².